The van der Waals surface area contributed by atoms with Crippen molar-refractivity contribution < 1.29 is 9.47 Å². The van der Waals surface area contributed by atoms with E-state index >= 15 is 0 Å². The summed E-state index contributed by atoms with van der Waals surface area (Å²) in [5, 5.41) is 0. The molecule has 2 nitrogen and oxygen atoms in total. The van der Waals surface area contributed by atoms with E-state index in [4.69, 9.17) is 9.47 Å². The summed E-state index contributed by atoms with van der Waals surface area (Å²) in [6.45, 7) is 22.7. The van der Waals surface area contributed by atoms with Gasteiger partial charge in [0.1, 0.15) is 0 Å². The Labute approximate surface area is 276 Å². The second kappa shape index (κ2) is 24.8. The minimum Gasteiger partial charge on any atom is -0.378 e. The third kappa shape index (κ3) is 25.9. The fourth-order valence-corrected chi connectivity index (χ4v) is 5.31. The van der Waals surface area contributed by atoms with Crippen LogP contribution in [0.5, 0.6) is 0 Å². The van der Waals surface area contributed by atoms with Crippen LogP contribution in [0.15, 0.2) is 60.8 Å². The molecular weight excluding hydrogens is 536 g/mol. The van der Waals surface area contributed by atoms with E-state index in [-0.39, 0.29) is 11.2 Å². The van der Waals surface area contributed by atoms with Gasteiger partial charge >= 0.3 is 0 Å². The van der Waals surface area contributed by atoms with Crippen molar-refractivity contribution in [2.24, 2.45) is 35.5 Å². The summed E-state index contributed by atoms with van der Waals surface area (Å²) in [4.78, 5) is 0. The first-order valence-electron chi connectivity index (χ1n) is 18.1. The Balaban J connectivity index is 4.03. The third-order valence-corrected chi connectivity index (χ3v) is 9.25. The highest BCUT2D eigenvalue weighted by Gasteiger charge is 2.14. The molecule has 0 aliphatic carbocycles. The highest BCUT2D eigenvalue weighted by molar-refractivity contribution is 5.05. The van der Waals surface area contributed by atoms with Gasteiger partial charge in [0, 0.05) is 14.2 Å². The van der Waals surface area contributed by atoms with Crippen molar-refractivity contribution in [1.82, 2.24) is 0 Å². The predicted molar refractivity (Wildman–Crippen MR) is 198 cm³/mol. The summed E-state index contributed by atoms with van der Waals surface area (Å²) in [7, 11) is 3.58. The topological polar surface area (TPSA) is 18.5 Å². The molecule has 2 heteroatoms. The van der Waals surface area contributed by atoms with E-state index < -0.39 is 0 Å². The maximum Gasteiger partial charge on any atom is 0.0657 e. The van der Waals surface area contributed by atoms with Gasteiger partial charge in [-0.2, -0.15) is 0 Å². The van der Waals surface area contributed by atoms with Crippen LogP contribution in [0, 0.1) is 35.5 Å². The molecule has 256 valence electrons. The molecule has 0 fully saturated rings. The van der Waals surface area contributed by atoms with Crippen molar-refractivity contribution in [2.75, 3.05) is 14.2 Å². The fraction of sp³-hybridized carbons (Fsp3) is 0.762. The molecule has 0 aliphatic heterocycles. The minimum absolute atomic E-state index is 0.0525. The SMILES string of the molecule is COC(C)(C)C/C=C/C(C)C/C=C/C(C)CCCC(C)/C=C/C=C/C(C)CCCC(C)CCCC(C)/C=C/CC(C)(C)OC. The van der Waals surface area contributed by atoms with E-state index in [1.54, 1.807) is 14.2 Å². The monoisotopic (exact) mass is 613 g/mol. The van der Waals surface area contributed by atoms with Crippen LogP contribution < -0.4 is 0 Å². The standard InChI is InChI=1S/C42H76O2/c1-35(23-15-25-37(3)27-17-29-39(5)31-19-33-41(7,8)43-11)21-13-14-22-36(2)24-16-26-38(4)28-18-30-40(6)32-20-34-42(9,10)44-12/h13-14,17,19-22,27,31-32,35-40H,15-16,18,23-26,28-30,33-34H2,1-12H3/b21-13+,22-14+,27-17+,31-19+,32-20+. The molecule has 0 aliphatic rings. The van der Waals surface area contributed by atoms with Crippen LogP contribution in [0.25, 0.3) is 0 Å². The van der Waals surface area contributed by atoms with Crippen molar-refractivity contribution in [1.29, 1.82) is 0 Å². The van der Waals surface area contributed by atoms with Crippen molar-refractivity contribution in [3.05, 3.63) is 60.8 Å². The van der Waals surface area contributed by atoms with Crippen LogP contribution in [0.2, 0.25) is 0 Å². The Morgan fingerprint density at radius 1 is 0.455 bits per heavy atom. The summed E-state index contributed by atoms with van der Waals surface area (Å²) in [6, 6.07) is 0. The Morgan fingerprint density at radius 2 is 0.795 bits per heavy atom. The van der Waals surface area contributed by atoms with Crippen molar-refractivity contribution in [3.8, 4) is 0 Å². The van der Waals surface area contributed by atoms with Crippen molar-refractivity contribution in [2.45, 2.75) is 157 Å². The summed E-state index contributed by atoms with van der Waals surface area (Å²) in [5.74, 6) is 4.03. The van der Waals surface area contributed by atoms with Crippen LogP contribution in [-0.4, -0.2) is 25.4 Å². The van der Waals surface area contributed by atoms with E-state index in [1.165, 1.54) is 57.8 Å². The van der Waals surface area contributed by atoms with Crippen LogP contribution in [0.1, 0.15) is 146 Å². The molecule has 6 atom stereocenters. The molecule has 0 saturated carbocycles. The number of ether oxygens (including phenoxy) is 2. The Kier molecular flexibility index (Phi) is 24.0. The number of allylic oxidation sites excluding steroid dienone is 8. The lowest BCUT2D eigenvalue weighted by atomic mass is 9.92. The molecule has 0 radical (unpaired) electrons. The molecule has 44 heavy (non-hydrogen) atoms. The van der Waals surface area contributed by atoms with E-state index in [0.29, 0.717) is 29.6 Å². The smallest absolute Gasteiger partial charge is 0.0657 e. The van der Waals surface area contributed by atoms with Gasteiger partial charge in [0.05, 0.1) is 11.2 Å². The molecule has 0 aromatic carbocycles. The van der Waals surface area contributed by atoms with Gasteiger partial charge in [0.25, 0.3) is 0 Å². The lowest BCUT2D eigenvalue weighted by molar-refractivity contribution is 0.0251. The molecule has 0 spiro atoms. The largest absolute Gasteiger partial charge is 0.378 e. The van der Waals surface area contributed by atoms with E-state index in [1.807, 2.05) is 0 Å². The summed E-state index contributed by atoms with van der Waals surface area (Å²) >= 11 is 0. The lowest BCUT2D eigenvalue weighted by Gasteiger charge is -2.20. The Bertz CT molecular complexity index is 827. The molecule has 0 N–H and O–H groups in total. The Morgan fingerprint density at radius 3 is 1.20 bits per heavy atom. The molecule has 0 amide bonds. The minimum atomic E-state index is -0.0687. The van der Waals surface area contributed by atoms with Gasteiger partial charge in [-0.1, -0.05) is 134 Å². The van der Waals surface area contributed by atoms with Gasteiger partial charge in [0.2, 0.25) is 0 Å². The number of rotatable bonds is 26. The number of methoxy groups -OCH3 is 2. The van der Waals surface area contributed by atoms with Crippen LogP contribution in [0.4, 0.5) is 0 Å². The predicted octanol–water partition coefficient (Wildman–Crippen LogP) is 13.1. The zero-order valence-corrected chi connectivity index (χ0v) is 31.5. The molecule has 0 aromatic heterocycles. The quantitative estimate of drug-likeness (QED) is 0.0714. The van der Waals surface area contributed by atoms with E-state index in [9.17, 15) is 0 Å². The summed E-state index contributed by atoms with van der Waals surface area (Å²) in [5.41, 5.74) is -0.121. The van der Waals surface area contributed by atoms with E-state index in [2.05, 4.69) is 130 Å². The van der Waals surface area contributed by atoms with Gasteiger partial charge in [0.15, 0.2) is 0 Å². The molecule has 0 saturated heterocycles. The second-order valence-electron chi connectivity index (χ2n) is 15.4. The molecule has 0 bridgehead atoms. The Hall–Kier alpha value is -1.38. The number of hydrogen-bond donors (Lipinski definition) is 0. The van der Waals surface area contributed by atoms with Gasteiger partial charge in [-0.05, 0) is 108 Å². The summed E-state index contributed by atoms with van der Waals surface area (Å²) < 4.78 is 11.0. The molecule has 6 unspecified atom stereocenters. The maximum absolute atomic E-state index is 5.51. The average Bonchev–Trinajstić information content (AvgIpc) is 2.95. The highest BCUT2D eigenvalue weighted by atomic mass is 16.5. The first-order valence-corrected chi connectivity index (χ1v) is 18.1. The van der Waals surface area contributed by atoms with E-state index in [0.717, 1.165) is 25.2 Å². The van der Waals surface area contributed by atoms with Gasteiger partial charge in [-0.3, -0.25) is 0 Å². The van der Waals surface area contributed by atoms with Gasteiger partial charge < -0.3 is 9.47 Å². The zero-order valence-electron chi connectivity index (χ0n) is 31.5. The molecule has 0 rings (SSSR count). The number of hydrogen-bond acceptors (Lipinski definition) is 2. The van der Waals surface area contributed by atoms with Crippen LogP contribution in [-0.2, 0) is 9.47 Å². The summed E-state index contributed by atoms with van der Waals surface area (Å²) in [6.07, 6.45) is 38.3. The van der Waals surface area contributed by atoms with Gasteiger partial charge in [-0.15, -0.1) is 0 Å². The molecule has 0 heterocycles. The molecule has 0 aromatic rings. The van der Waals surface area contributed by atoms with Gasteiger partial charge in [-0.25, -0.2) is 0 Å². The lowest BCUT2D eigenvalue weighted by Crippen LogP contribution is -2.20. The molecular formula is C42H76O2. The first kappa shape index (κ1) is 42.6. The fourth-order valence-electron chi connectivity index (χ4n) is 5.31. The highest BCUT2D eigenvalue weighted by Crippen LogP contribution is 2.22. The average molecular weight is 613 g/mol. The van der Waals surface area contributed by atoms with Crippen molar-refractivity contribution in [3.63, 3.8) is 0 Å². The second-order valence-corrected chi connectivity index (χ2v) is 15.4. The maximum atomic E-state index is 5.51. The first-order chi connectivity index (χ1) is 20.7. The van der Waals surface area contributed by atoms with Crippen molar-refractivity contribution >= 4 is 0 Å². The zero-order chi connectivity index (χ0) is 33.4. The van der Waals surface area contributed by atoms with Crippen LogP contribution in [0.3, 0.4) is 0 Å². The normalized spacial score (nSPS) is 17.8. The van der Waals surface area contributed by atoms with Crippen LogP contribution >= 0.6 is 0 Å². The third-order valence-electron chi connectivity index (χ3n) is 9.25.